The molecule has 108 valence electrons. The summed E-state index contributed by atoms with van der Waals surface area (Å²) in [7, 11) is 0. The minimum absolute atomic E-state index is 0.196. The van der Waals surface area contributed by atoms with Crippen LogP contribution in [-0.4, -0.2) is 27.6 Å². The Morgan fingerprint density at radius 2 is 2.35 bits per heavy atom. The zero-order valence-corrected chi connectivity index (χ0v) is 10.9. The van der Waals surface area contributed by atoms with Crippen LogP contribution in [-0.2, 0) is 0 Å². The lowest BCUT2D eigenvalue weighted by Gasteiger charge is -2.24. The van der Waals surface area contributed by atoms with E-state index < -0.39 is 10.8 Å². The van der Waals surface area contributed by atoms with Crippen molar-refractivity contribution in [3.8, 4) is 5.88 Å². The molecule has 20 heavy (non-hydrogen) atoms. The Morgan fingerprint density at radius 3 is 2.90 bits per heavy atom. The van der Waals surface area contributed by atoms with Crippen LogP contribution in [0.2, 0.25) is 0 Å². The largest absolute Gasteiger partial charge is 0.478 e. The van der Waals surface area contributed by atoms with Crippen molar-refractivity contribution in [1.29, 1.82) is 0 Å². The SMILES string of the molecule is N/C(=N/O)c1nc(OCCC2CCC2)ccc1[N+](=O)[O-]. The minimum atomic E-state index is -0.640. The Hall–Kier alpha value is -2.38. The molecule has 1 fully saturated rings. The fraction of sp³-hybridized carbons (Fsp3) is 0.500. The van der Waals surface area contributed by atoms with Crippen LogP contribution in [0.1, 0.15) is 31.4 Å². The molecule has 0 unspecified atom stereocenters. The maximum Gasteiger partial charge on any atom is 0.299 e. The molecule has 1 aromatic heterocycles. The summed E-state index contributed by atoms with van der Waals surface area (Å²) >= 11 is 0. The number of nitro groups is 1. The summed E-state index contributed by atoms with van der Waals surface area (Å²) in [4.78, 5) is 14.1. The molecule has 0 bridgehead atoms. The second-order valence-electron chi connectivity index (χ2n) is 4.69. The molecule has 0 amide bonds. The maximum atomic E-state index is 10.8. The summed E-state index contributed by atoms with van der Waals surface area (Å²) < 4.78 is 5.46. The number of aromatic nitrogens is 1. The number of hydrogen-bond acceptors (Lipinski definition) is 6. The first-order valence-corrected chi connectivity index (χ1v) is 6.38. The first kappa shape index (κ1) is 14.0. The van der Waals surface area contributed by atoms with Gasteiger partial charge in [0, 0.05) is 12.1 Å². The molecule has 0 atom stereocenters. The number of pyridine rings is 1. The third-order valence-electron chi connectivity index (χ3n) is 3.40. The van der Waals surface area contributed by atoms with E-state index in [2.05, 4.69) is 10.1 Å². The van der Waals surface area contributed by atoms with E-state index in [0.717, 1.165) is 6.42 Å². The van der Waals surface area contributed by atoms with E-state index >= 15 is 0 Å². The molecule has 0 radical (unpaired) electrons. The standard InChI is InChI=1S/C12H16N4O4/c13-12(15-17)11-9(16(18)19)4-5-10(14-11)20-7-6-8-2-1-3-8/h4-5,8,17H,1-3,6-7H2,(H2,13,15). The highest BCUT2D eigenvalue weighted by atomic mass is 16.6. The highest BCUT2D eigenvalue weighted by Gasteiger charge is 2.21. The molecule has 0 aliphatic heterocycles. The first-order chi connectivity index (χ1) is 9.61. The van der Waals surface area contributed by atoms with E-state index in [-0.39, 0.29) is 17.3 Å². The monoisotopic (exact) mass is 280 g/mol. The number of hydrogen-bond donors (Lipinski definition) is 2. The van der Waals surface area contributed by atoms with Crippen LogP contribution in [0.4, 0.5) is 5.69 Å². The molecule has 0 spiro atoms. The summed E-state index contributed by atoms with van der Waals surface area (Å²) in [5.74, 6) is 0.522. The van der Waals surface area contributed by atoms with E-state index in [1.807, 2.05) is 0 Å². The molecular formula is C12H16N4O4. The van der Waals surface area contributed by atoms with Gasteiger partial charge >= 0.3 is 0 Å². The van der Waals surface area contributed by atoms with Crippen molar-refractivity contribution in [3.63, 3.8) is 0 Å². The van der Waals surface area contributed by atoms with Crippen LogP contribution < -0.4 is 10.5 Å². The first-order valence-electron chi connectivity index (χ1n) is 6.38. The summed E-state index contributed by atoms with van der Waals surface area (Å²) in [6.07, 6.45) is 4.67. The zero-order valence-electron chi connectivity index (χ0n) is 10.9. The second kappa shape index (κ2) is 6.18. The van der Waals surface area contributed by atoms with Crippen molar-refractivity contribution in [1.82, 2.24) is 4.98 Å². The van der Waals surface area contributed by atoms with Crippen LogP contribution in [0.3, 0.4) is 0 Å². The van der Waals surface area contributed by atoms with Gasteiger partial charge in [-0.3, -0.25) is 10.1 Å². The van der Waals surface area contributed by atoms with Crippen molar-refractivity contribution < 1.29 is 14.9 Å². The van der Waals surface area contributed by atoms with E-state index in [9.17, 15) is 10.1 Å². The Bertz CT molecular complexity index is 528. The Labute approximate surface area is 115 Å². The Balaban J connectivity index is 2.07. The van der Waals surface area contributed by atoms with Gasteiger partial charge < -0.3 is 15.7 Å². The Kier molecular flexibility index (Phi) is 4.34. The average Bonchev–Trinajstić information content (AvgIpc) is 2.40. The van der Waals surface area contributed by atoms with E-state index in [0.29, 0.717) is 12.5 Å². The molecule has 2 rings (SSSR count). The van der Waals surface area contributed by atoms with Crippen molar-refractivity contribution in [2.45, 2.75) is 25.7 Å². The molecule has 1 aliphatic carbocycles. The fourth-order valence-electron chi connectivity index (χ4n) is 2.01. The normalized spacial score (nSPS) is 15.7. The highest BCUT2D eigenvalue weighted by Crippen LogP contribution is 2.29. The molecule has 1 aromatic rings. The molecule has 1 heterocycles. The number of oxime groups is 1. The van der Waals surface area contributed by atoms with Gasteiger partial charge in [-0.2, -0.15) is 0 Å². The molecule has 1 aliphatic rings. The van der Waals surface area contributed by atoms with Gasteiger partial charge in [-0.1, -0.05) is 24.4 Å². The maximum absolute atomic E-state index is 10.8. The summed E-state index contributed by atoms with van der Waals surface area (Å²) in [6.45, 7) is 0.505. The van der Waals surface area contributed by atoms with Crippen molar-refractivity contribution in [2.24, 2.45) is 16.8 Å². The predicted molar refractivity (Wildman–Crippen MR) is 70.9 cm³/mol. The van der Waals surface area contributed by atoms with Crippen LogP contribution >= 0.6 is 0 Å². The summed E-state index contributed by atoms with van der Waals surface area (Å²) in [5.41, 5.74) is 4.86. The van der Waals surface area contributed by atoms with Gasteiger partial charge in [-0.05, 0) is 12.3 Å². The predicted octanol–water partition coefficient (Wildman–Crippen LogP) is 1.65. The minimum Gasteiger partial charge on any atom is -0.478 e. The smallest absolute Gasteiger partial charge is 0.299 e. The van der Waals surface area contributed by atoms with Crippen LogP contribution in [0, 0.1) is 16.0 Å². The van der Waals surface area contributed by atoms with Gasteiger partial charge in [0.25, 0.3) is 5.69 Å². The molecular weight excluding hydrogens is 264 g/mol. The van der Waals surface area contributed by atoms with Gasteiger partial charge in [-0.25, -0.2) is 4.98 Å². The van der Waals surface area contributed by atoms with Gasteiger partial charge in [-0.15, -0.1) is 0 Å². The zero-order chi connectivity index (χ0) is 14.5. The van der Waals surface area contributed by atoms with Gasteiger partial charge in [0.05, 0.1) is 11.5 Å². The van der Waals surface area contributed by atoms with Gasteiger partial charge in [0.2, 0.25) is 5.88 Å². The molecule has 8 heteroatoms. The van der Waals surface area contributed by atoms with Crippen molar-refractivity contribution >= 4 is 11.5 Å². The quantitative estimate of drug-likeness (QED) is 0.268. The Morgan fingerprint density at radius 1 is 1.60 bits per heavy atom. The average molecular weight is 280 g/mol. The topological polar surface area (TPSA) is 124 Å². The van der Waals surface area contributed by atoms with Gasteiger partial charge in [0.15, 0.2) is 11.5 Å². The second-order valence-corrected chi connectivity index (χ2v) is 4.69. The van der Waals surface area contributed by atoms with Crippen LogP contribution in [0.5, 0.6) is 5.88 Å². The molecule has 0 saturated heterocycles. The third-order valence-corrected chi connectivity index (χ3v) is 3.40. The van der Waals surface area contributed by atoms with E-state index in [1.165, 1.54) is 31.4 Å². The molecule has 0 aromatic carbocycles. The van der Waals surface area contributed by atoms with Crippen molar-refractivity contribution in [2.75, 3.05) is 6.61 Å². The lowest BCUT2D eigenvalue weighted by Crippen LogP contribution is -2.18. The third kappa shape index (κ3) is 3.14. The molecule has 3 N–H and O–H groups in total. The van der Waals surface area contributed by atoms with Crippen LogP contribution in [0.25, 0.3) is 0 Å². The lowest BCUT2D eigenvalue weighted by atomic mass is 9.83. The lowest BCUT2D eigenvalue weighted by molar-refractivity contribution is -0.385. The number of ether oxygens (including phenoxy) is 1. The van der Waals surface area contributed by atoms with Crippen molar-refractivity contribution in [3.05, 3.63) is 27.9 Å². The summed E-state index contributed by atoms with van der Waals surface area (Å²) in [5, 5.41) is 22.2. The number of amidine groups is 1. The molecule has 8 nitrogen and oxygen atoms in total. The molecule has 1 saturated carbocycles. The number of rotatable bonds is 6. The fourth-order valence-corrected chi connectivity index (χ4v) is 2.01. The van der Waals surface area contributed by atoms with E-state index in [1.54, 1.807) is 0 Å². The number of nitrogens with zero attached hydrogens (tertiary/aromatic N) is 3. The van der Waals surface area contributed by atoms with E-state index in [4.69, 9.17) is 15.7 Å². The summed E-state index contributed by atoms with van der Waals surface area (Å²) in [6, 6.07) is 2.64. The van der Waals surface area contributed by atoms with Crippen LogP contribution in [0.15, 0.2) is 17.3 Å². The van der Waals surface area contributed by atoms with Gasteiger partial charge in [0.1, 0.15) is 0 Å². The highest BCUT2D eigenvalue weighted by molar-refractivity contribution is 5.98. The number of nitrogens with two attached hydrogens (primary N) is 1.